The van der Waals surface area contributed by atoms with Crippen LogP contribution in [0.15, 0.2) is 52.0 Å². The van der Waals surface area contributed by atoms with Gasteiger partial charge in [0, 0.05) is 15.6 Å². The number of rotatable bonds is 3. The van der Waals surface area contributed by atoms with Crippen LogP contribution in [-0.2, 0) is 0 Å². The maximum Gasteiger partial charge on any atom is 0.271 e. The predicted molar refractivity (Wildman–Crippen MR) is 82.0 cm³/mol. The second kappa shape index (κ2) is 6.34. The first-order valence-electron chi connectivity index (χ1n) is 5.95. The zero-order valence-corrected chi connectivity index (χ0v) is 12.4. The molecule has 0 aliphatic carbocycles. The van der Waals surface area contributed by atoms with E-state index < -0.39 is 0 Å². The molecule has 0 bridgehead atoms. The van der Waals surface area contributed by atoms with Gasteiger partial charge in [0.15, 0.2) is 0 Å². The van der Waals surface area contributed by atoms with Crippen molar-refractivity contribution in [2.75, 3.05) is 0 Å². The fraction of sp³-hybridized carbons (Fsp3) is 0.0667. The molecule has 0 radical (unpaired) electrons. The summed E-state index contributed by atoms with van der Waals surface area (Å²) in [7, 11) is 0. The van der Waals surface area contributed by atoms with Crippen LogP contribution in [0.4, 0.5) is 0 Å². The van der Waals surface area contributed by atoms with E-state index in [4.69, 9.17) is 0 Å². The van der Waals surface area contributed by atoms with Crippen LogP contribution in [0, 0.1) is 6.92 Å². The van der Waals surface area contributed by atoms with Crippen molar-refractivity contribution in [3.63, 3.8) is 0 Å². The number of phenolic OH excluding ortho intramolecular Hbond substituents is 1. The number of hydrogen-bond donors (Lipinski definition) is 2. The van der Waals surface area contributed by atoms with Crippen molar-refractivity contribution in [1.29, 1.82) is 0 Å². The number of nitrogens with one attached hydrogen (secondary N) is 1. The Morgan fingerprint density at radius 1 is 1.30 bits per heavy atom. The van der Waals surface area contributed by atoms with Crippen molar-refractivity contribution in [3.8, 4) is 5.75 Å². The quantitative estimate of drug-likeness (QED) is 0.669. The summed E-state index contributed by atoms with van der Waals surface area (Å²) in [6.07, 6.45) is 1.40. The minimum Gasteiger partial charge on any atom is -0.507 e. The number of aryl methyl sites for hydroxylation is 1. The van der Waals surface area contributed by atoms with Gasteiger partial charge in [0.1, 0.15) is 5.75 Å². The van der Waals surface area contributed by atoms with Crippen LogP contribution in [0.2, 0.25) is 0 Å². The number of hydrogen-bond acceptors (Lipinski definition) is 3. The molecule has 2 aromatic carbocycles. The number of carbonyl (C=O) groups is 1. The molecule has 0 fully saturated rings. The molecule has 2 aromatic rings. The summed E-state index contributed by atoms with van der Waals surface area (Å²) in [5, 5.41) is 13.5. The molecular formula is C15H13BrN2O2. The van der Waals surface area contributed by atoms with Crippen LogP contribution < -0.4 is 5.43 Å². The SMILES string of the molecule is Cc1cccc(C(=O)N/N=C\c2cc(Br)ccc2O)c1. The molecule has 0 saturated heterocycles. The average molecular weight is 333 g/mol. The Kier molecular flexibility index (Phi) is 4.53. The first kappa shape index (κ1) is 14.3. The molecular weight excluding hydrogens is 320 g/mol. The molecule has 1 amide bonds. The average Bonchev–Trinajstić information content (AvgIpc) is 2.42. The molecule has 0 aliphatic heterocycles. The Morgan fingerprint density at radius 3 is 2.85 bits per heavy atom. The van der Waals surface area contributed by atoms with E-state index in [1.807, 2.05) is 19.1 Å². The van der Waals surface area contributed by atoms with Crippen LogP contribution in [0.25, 0.3) is 0 Å². The molecule has 102 valence electrons. The van der Waals surface area contributed by atoms with Gasteiger partial charge in [0.2, 0.25) is 0 Å². The van der Waals surface area contributed by atoms with Crippen molar-refractivity contribution in [2.24, 2.45) is 5.10 Å². The van der Waals surface area contributed by atoms with Gasteiger partial charge in [0.05, 0.1) is 6.21 Å². The van der Waals surface area contributed by atoms with Crippen molar-refractivity contribution in [2.45, 2.75) is 6.92 Å². The van der Waals surface area contributed by atoms with E-state index in [0.717, 1.165) is 10.0 Å². The summed E-state index contributed by atoms with van der Waals surface area (Å²) in [6, 6.07) is 12.2. The van der Waals surface area contributed by atoms with Gasteiger partial charge in [-0.15, -0.1) is 0 Å². The number of nitrogens with zero attached hydrogens (tertiary/aromatic N) is 1. The van der Waals surface area contributed by atoms with Gasteiger partial charge < -0.3 is 5.11 Å². The van der Waals surface area contributed by atoms with Crippen molar-refractivity contribution < 1.29 is 9.90 Å². The Hall–Kier alpha value is -2.14. The number of benzene rings is 2. The number of phenols is 1. The molecule has 0 saturated carbocycles. The lowest BCUT2D eigenvalue weighted by molar-refractivity contribution is 0.0955. The highest BCUT2D eigenvalue weighted by atomic mass is 79.9. The molecule has 0 spiro atoms. The van der Waals surface area contributed by atoms with E-state index in [1.165, 1.54) is 6.21 Å². The van der Waals surface area contributed by atoms with Crippen LogP contribution in [0.5, 0.6) is 5.75 Å². The lowest BCUT2D eigenvalue weighted by atomic mass is 10.1. The van der Waals surface area contributed by atoms with E-state index in [0.29, 0.717) is 11.1 Å². The van der Waals surface area contributed by atoms with Gasteiger partial charge in [-0.3, -0.25) is 4.79 Å². The number of halogens is 1. The summed E-state index contributed by atoms with van der Waals surface area (Å²) in [4.78, 5) is 11.8. The maximum atomic E-state index is 11.8. The highest BCUT2D eigenvalue weighted by molar-refractivity contribution is 9.10. The number of amides is 1. The van der Waals surface area contributed by atoms with Crippen LogP contribution in [0.1, 0.15) is 21.5 Å². The van der Waals surface area contributed by atoms with Gasteiger partial charge in [0.25, 0.3) is 5.91 Å². The fourth-order valence-corrected chi connectivity index (χ4v) is 2.02. The minimum absolute atomic E-state index is 0.0988. The number of aromatic hydroxyl groups is 1. The topological polar surface area (TPSA) is 61.7 Å². The third-order valence-corrected chi connectivity index (χ3v) is 3.13. The molecule has 0 aromatic heterocycles. The lowest BCUT2D eigenvalue weighted by Crippen LogP contribution is -2.17. The maximum absolute atomic E-state index is 11.8. The third kappa shape index (κ3) is 3.68. The zero-order valence-electron chi connectivity index (χ0n) is 10.8. The smallest absolute Gasteiger partial charge is 0.271 e. The molecule has 0 unspecified atom stereocenters. The largest absolute Gasteiger partial charge is 0.507 e. The van der Waals surface area contributed by atoms with E-state index >= 15 is 0 Å². The molecule has 2 N–H and O–H groups in total. The zero-order chi connectivity index (χ0) is 14.5. The number of hydrazone groups is 1. The summed E-state index contributed by atoms with van der Waals surface area (Å²) >= 11 is 3.30. The Labute approximate surface area is 125 Å². The molecule has 0 heterocycles. The van der Waals surface area contributed by atoms with E-state index in [9.17, 15) is 9.90 Å². The van der Waals surface area contributed by atoms with Gasteiger partial charge in [-0.05, 0) is 37.3 Å². The van der Waals surface area contributed by atoms with Crippen molar-refractivity contribution in [3.05, 3.63) is 63.6 Å². The van der Waals surface area contributed by atoms with E-state index in [1.54, 1.807) is 30.3 Å². The second-order valence-electron chi connectivity index (χ2n) is 4.27. The molecule has 5 heteroatoms. The molecule has 0 aliphatic rings. The standard InChI is InChI=1S/C15H13BrN2O2/c1-10-3-2-4-11(7-10)15(20)18-17-9-12-8-13(16)5-6-14(12)19/h2-9,19H,1H3,(H,18,20)/b17-9-. The van der Waals surface area contributed by atoms with Crippen LogP contribution >= 0.6 is 15.9 Å². The summed E-state index contributed by atoms with van der Waals surface area (Å²) < 4.78 is 0.821. The highest BCUT2D eigenvalue weighted by Crippen LogP contribution is 2.19. The van der Waals surface area contributed by atoms with Gasteiger partial charge in [-0.2, -0.15) is 5.10 Å². The summed E-state index contributed by atoms with van der Waals surface area (Å²) in [5.41, 5.74) is 4.49. The Bertz CT molecular complexity index is 669. The third-order valence-electron chi connectivity index (χ3n) is 2.64. The first-order chi connectivity index (χ1) is 9.56. The van der Waals surface area contributed by atoms with Crippen molar-refractivity contribution >= 4 is 28.1 Å². The predicted octanol–water partition coefficient (Wildman–Crippen LogP) is 3.23. The first-order valence-corrected chi connectivity index (χ1v) is 6.74. The number of carbonyl (C=O) groups excluding carboxylic acids is 1. The summed E-state index contributed by atoms with van der Waals surface area (Å²) in [6.45, 7) is 1.92. The summed E-state index contributed by atoms with van der Waals surface area (Å²) in [5.74, 6) is -0.193. The van der Waals surface area contributed by atoms with Crippen molar-refractivity contribution in [1.82, 2.24) is 5.43 Å². The normalized spacial score (nSPS) is 10.7. The molecule has 2 rings (SSSR count). The minimum atomic E-state index is -0.292. The monoisotopic (exact) mass is 332 g/mol. The fourth-order valence-electron chi connectivity index (χ4n) is 1.64. The van der Waals surface area contributed by atoms with Crippen LogP contribution in [0.3, 0.4) is 0 Å². The highest BCUT2D eigenvalue weighted by Gasteiger charge is 2.04. The van der Waals surface area contributed by atoms with E-state index in [-0.39, 0.29) is 11.7 Å². The van der Waals surface area contributed by atoms with Gasteiger partial charge in [-0.25, -0.2) is 5.43 Å². The Morgan fingerprint density at radius 2 is 2.10 bits per heavy atom. The van der Waals surface area contributed by atoms with Crippen LogP contribution in [-0.4, -0.2) is 17.2 Å². The molecule has 0 atom stereocenters. The lowest BCUT2D eigenvalue weighted by Gasteiger charge is -2.02. The molecule has 4 nitrogen and oxygen atoms in total. The molecule has 20 heavy (non-hydrogen) atoms. The second-order valence-corrected chi connectivity index (χ2v) is 5.19. The van der Waals surface area contributed by atoms with Gasteiger partial charge in [-0.1, -0.05) is 33.6 Å². The Balaban J connectivity index is 2.06. The van der Waals surface area contributed by atoms with Gasteiger partial charge >= 0.3 is 0 Å². The van der Waals surface area contributed by atoms with E-state index in [2.05, 4.69) is 26.5 Å².